The zero-order chi connectivity index (χ0) is 9.10. The Morgan fingerprint density at radius 2 is 2.00 bits per heavy atom. The Kier molecular flexibility index (Phi) is 2.41. The highest BCUT2D eigenvalue weighted by molar-refractivity contribution is 7.09. The number of thiazole rings is 1. The number of hydrogen-bond acceptors (Lipinski definition) is 2. The van der Waals surface area contributed by atoms with E-state index in [0.29, 0.717) is 0 Å². The Bertz CT molecular complexity index is 378. The number of rotatable bonds is 2. The van der Waals surface area contributed by atoms with E-state index in [2.05, 4.69) is 34.6 Å². The molecule has 0 radical (unpaired) electrons. The Balaban J connectivity index is 2.15. The van der Waals surface area contributed by atoms with Gasteiger partial charge in [0.05, 0.1) is 10.7 Å². The van der Waals surface area contributed by atoms with E-state index in [1.54, 1.807) is 11.3 Å². The van der Waals surface area contributed by atoms with Gasteiger partial charge in [-0.25, -0.2) is 4.98 Å². The van der Waals surface area contributed by atoms with Gasteiger partial charge < -0.3 is 0 Å². The van der Waals surface area contributed by atoms with E-state index in [0.717, 1.165) is 11.4 Å². The first-order chi connectivity index (χ1) is 6.34. The van der Waals surface area contributed by atoms with Crippen LogP contribution in [-0.2, 0) is 6.42 Å². The number of aryl methyl sites for hydroxylation is 1. The van der Waals surface area contributed by atoms with E-state index in [4.69, 9.17) is 0 Å². The van der Waals surface area contributed by atoms with Crippen molar-refractivity contribution in [1.82, 2.24) is 4.98 Å². The van der Waals surface area contributed by atoms with Crippen molar-refractivity contribution in [3.8, 4) is 0 Å². The number of benzene rings is 1. The Hall–Kier alpha value is -1.15. The average Bonchev–Trinajstić information content (AvgIpc) is 2.53. The van der Waals surface area contributed by atoms with Gasteiger partial charge in [-0.05, 0) is 12.5 Å². The summed E-state index contributed by atoms with van der Waals surface area (Å²) in [7, 11) is 0. The molecular weight excluding hydrogens is 178 g/mol. The van der Waals surface area contributed by atoms with Crippen LogP contribution in [0, 0.1) is 6.92 Å². The predicted molar refractivity (Wildman–Crippen MR) is 56.1 cm³/mol. The van der Waals surface area contributed by atoms with E-state index < -0.39 is 0 Å². The highest BCUT2D eigenvalue weighted by Crippen LogP contribution is 2.12. The van der Waals surface area contributed by atoms with Crippen LogP contribution in [0.5, 0.6) is 0 Å². The Morgan fingerprint density at radius 3 is 2.62 bits per heavy atom. The second-order valence-corrected chi connectivity index (χ2v) is 4.08. The van der Waals surface area contributed by atoms with Gasteiger partial charge in [0.2, 0.25) is 0 Å². The normalized spacial score (nSPS) is 10.2. The lowest BCUT2D eigenvalue weighted by Crippen LogP contribution is -1.87. The largest absolute Gasteiger partial charge is 0.246 e. The molecule has 1 aromatic carbocycles. The molecule has 0 atom stereocenters. The van der Waals surface area contributed by atoms with Crippen molar-refractivity contribution in [2.24, 2.45) is 0 Å². The molecule has 13 heavy (non-hydrogen) atoms. The Morgan fingerprint density at radius 1 is 1.23 bits per heavy atom. The average molecular weight is 189 g/mol. The van der Waals surface area contributed by atoms with Crippen LogP contribution in [0.1, 0.15) is 16.3 Å². The number of aromatic nitrogens is 1. The molecule has 0 fully saturated rings. The van der Waals surface area contributed by atoms with Crippen molar-refractivity contribution in [2.75, 3.05) is 0 Å². The van der Waals surface area contributed by atoms with Crippen molar-refractivity contribution >= 4 is 11.3 Å². The SMILES string of the molecule is Cc1nc(Cc2ccccc2)cs1. The van der Waals surface area contributed by atoms with E-state index in [1.807, 2.05) is 13.0 Å². The second kappa shape index (κ2) is 3.71. The highest BCUT2D eigenvalue weighted by Gasteiger charge is 1.98. The molecule has 0 N–H and O–H groups in total. The summed E-state index contributed by atoms with van der Waals surface area (Å²) in [6.45, 7) is 2.04. The van der Waals surface area contributed by atoms with Crippen LogP contribution in [0.15, 0.2) is 35.7 Å². The summed E-state index contributed by atoms with van der Waals surface area (Å²) in [5.41, 5.74) is 2.50. The van der Waals surface area contributed by atoms with Gasteiger partial charge in [0.1, 0.15) is 0 Å². The molecule has 0 amide bonds. The van der Waals surface area contributed by atoms with Crippen molar-refractivity contribution in [2.45, 2.75) is 13.3 Å². The molecule has 0 saturated carbocycles. The summed E-state index contributed by atoms with van der Waals surface area (Å²) in [6.07, 6.45) is 0.950. The van der Waals surface area contributed by atoms with Crippen LogP contribution < -0.4 is 0 Å². The lowest BCUT2D eigenvalue weighted by molar-refractivity contribution is 1.08. The molecule has 2 aromatic rings. The molecule has 0 aliphatic carbocycles. The zero-order valence-electron chi connectivity index (χ0n) is 7.53. The van der Waals surface area contributed by atoms with Gasteiger partial charge in [-0.2, -0.15) is 0 Å². The summed E-state index contributed by atoms with van der Waals surface area (Å²) in [5, 5.41) is 3.27. The maximum absolute atomic E-state index is 4.42. The molecule has 2 heteroatoms. The van der Waals surface area contributed by atoms with Crippen LogP contribution in [0.2, 0.25) is 0 Å². The van der Waals surface area contributed by atoms with Gasteiger partial charge in [-0.1, -0.05) is 30.3 Å². The summed E-state index contributed by atoms with van der Waals surface area (Å²) in [4.78, 5) is 4.42. The number of hydrogen-bond donors (Lipinski definition) is 0. The summed E-state index contributed by atoms with van der Waals surface area (Å²) in [5.74, 6) is 0. The van der Waals surface area contributed by atoms with Crippen LogP contribution >= 0.6 is 11.3 Å². The molecule has 0 aliphatic heterocycles. The maximum atomic E-state index is 4.42. The molecule has 1 heterocycles. The van der Waals surface area contributed by atoms with Crippen molar-refractivity contribution in [1.29, 1.82) is 0 Å². The van der Waals surface area contributed by atoms with E-state index in [1.165, 1.54) is 11.3 Å². The van der Waals surface area contributed by atoms with Crippen molar-refractivity contribution < 1.29 is 0 Å². The summed E-state index contributed by atoms with van der Waals surface area (Å²) < 4.78 is 0. The molecule has 66 valence electrons. The third-order valence-electron chi connectivity index (χ3n) is 1.89. The molecule has 0 bridgehead atoms. The van der Waals surface area contributed by atoms with Gasteiger partial charge in [0.15, 0.2) is 0 Å². The van der Waals surface area contributed by atoms with E-state index in [9.17, 15) is 0 Å². The minimum absolute atomic E-state index is 0.950. The van der Waals surface area contributed by atoms with Crippen LogP contribution in [0.3, 0.4) is 0 Å². The molecular formula is C11H11NS. The summed E-state index contributed by atoms with van der Waals surface area (Å²) >= 11 is 1.71. The fourth-order valence-corrected chi connectivity index (χ4v) is 1.91. The van der Waals surface area contributed by atoms with Crippen LogP contribution in [-0.4, -0.2) is 4.98 Å². The fourth-order valence-electron chi connectivity index (χ4n) is 1.29. The van der Waals surface area contributed by atoms with Gasteiger partial charge >= 0.3 is 0 Å². The first-order valence-corrected chi connectivity index (χ1v) is 5.17. The third kappa shape index (κ3) is 2.16. The van der Waals surface area contributed by atoms with E-state index >= 15 is 0 Å². The van der Waals surface area contributed by atoms with Gasteiger partial charge in [0, 0.05) is 11.8 Å². The highest BCUT2D eigenvalue weighted by atomic mass is 32.1. The molecule has 0 aliphatic rings. The lowest BCUT2D eigenvalue weighted by atomic mass is 10.1. The van der Waals surface area contributed by atoms with Crippen LogP contribution in [0.25, 0.3) is 0 Å². The standard InChI is InChI=1S/C11H11NS/c1-9-12-11(8-13-9)7-10-5-3-2-4-6-10/h2-6,8H,7H2,1H3. The molecule has 2 rings (SSSR count). The Labute approximate surface area is 82.1 Å². The third-order valence-corrected chi connectivity index (χ3v) is 2.72. The minimum atomic E-state index is 0.950. The smallest absolute Gasteiger partial charge is 0.0897 e. The van der Waals surface area contributed by atoms with E-state index in [-0.39, 0.29) is 0 Å². The molecule has 1 nitrogen and oxygen atoms in total. The monoisotopic (exact) mass is 189 g/mol. The van der Waals surface area contributed by atoms with Crippen LogP contribution in [0.4, 0.5) is 0 Å². The van der Waals surface area contributed by atoms with Crippen molar-refractivity contribution in [3.05, 3.63) is 52.0 Å². The van der Waals surface area contributed by atoms with Crippen molar-refractivity contribution in [3.63, 3.8) is 0 Å². The van der Waals surface area contributed by atoms with Gasteiger partial charge in [-0.15, -0.1) is 11.3 Å². The fraction of sp³-hybridized carbons (Fsp3) is 0.182. The first kappa shape index (κ1) is 8.45. The van der Waals surface area contributed by atoms with Gasteiger partial charge in [0.25, 0.3) is 0 Å². The first-order valence-electron chi connectivity index (χ1n) is 4.29. The number of nitrogens with zero attached hydrogens (tertiary/aromatic N) is 1. The predicted octanol–water partition coefficient (Wildman–Crippen LogP) is 3.04. The minimum Gasteiger partial charge on any atom is -0.246 e. The molecule has 1 aromatic heterocycles. The molecule has 0 saturated heterocycles. The zero-order valence-corrected chi connectivity index (χ0v) is 8.34. The molecule has 0 spiro atoms. The second-order valence-electron chi connectivity index (χ2n) is 3.02. The lowest BCUT2D eigenvalue weighted by Gasteiger charge is -1.95. The molecule has 0 unspecified atom stereocenters. The summed E-state index contributed by atoms with van der Waals surface area (Å²) in [6, 6.07) is 10.4. The van der Waals surface area contributed by atoms with Gasteiger partial charge in [-0.3, -0.25) is 0 Å². The maximum Gasteiger partial charge on any atom is 0.0897 e. The topological polar surface area (TPSA) is 12.9 Å². The quantitative estimate of drug-likeness (QED) is 0.707.